The van der Waals surface area contributed by atoms with Crippen molar-refractivity contribution in [3.63, 3.8) is 0 Å². The van der Waals surface area contributed by atoms with E-state index in [-0.39, 0.29) is 5.91 Å². The number of hydrogen-bond donors (Lipinski definition) is 1. The number of hydrogen-bond acceptors (Lipinski definition) is 2. The molecule has 3 nitrogen and oxygen atoms in total. The van der Waals surface area contributed by atoms with Crippen LogP contribution in [0.5, 0.6) is 5.75 Å². The number of carbonyl (C=O) groups excluding carboxylic acids is 1. The lowest BCUT2D eigenvalue weighted by molar-refractivity contribution is 0.0937. The first-order valence-electron chi connectivity index (χ1n) is 8.09. The molecule has 0 unspecified atom stereocenters. The van der Waals surface area contributed by atoms with Crippen molar-refractivity contribution in [1.29, 1.82) is 0 Å². The van der Waals surface area contributed by atoms with Crippen LogP contribution in [0, 0.1) is 0 Å². The molecule has 0 saturated heterocycles. The lowest BCUT2D eigenvalue weighted by atomic mass is 10.1. The van der Waals surface area contributed by atoms with Crippen LogP contribution in [0.4, 0.5) is 0 Å². The molecule has 126 valence electrons. The quantitative estimate of drug-likeness (QED) is 0.788. The monoisotopic (exact) mass is 363 g/mol. The molecule has 24 heavy (non-hydrogen) atoms. The van der Waals surface area contributed by atoms with Gasteiger partial charge in [0.2, 0.25) is 0 Å². The Bertz CT molecular complexity index is 727. The highest BCUT2D eigenvalue weighted by molar-refractivity contribution is 6.42. The van der Waals surface area contributed by atoms with Gasteiger partial charge < -0.3 is 10.1 Å². The van der Waals surface area contributed by atoms with Crippen molar-refractivity contribution in [2.75, 3.05) is 0 Å². The lowest BCUT2D eigenvalue weighted by Crippen LogP contribution is -2.32. The van der Waals surface area contributed by atoms with E-state index >= 15 is 0 Å². The van der Waals surface area contributed by atoms with Crippen LogP contribution in [0.25, 0.3) is 0 Å². The van der Waals surface area contributed by atoms with Gasteiger partial charge in [-0.15, -0.1) is 0 Å². The van der Waals surface area contributed by atoms with Crippen molar-refractivity contribution < 1.29 is 9.53 Å². The molecule has 1 aliphatic rings. The van der Waals surface area contributed by atoms with Crippen LogP contribution in [0.1, 0.15) is 41.6 Å². The van der Waals surface area contributed by atoms with E-state index in [4.69, 9.17) is 27.9 Å². The van der Waals surface area contributed by atoms with Crippen LogP contribution < -0.4 is 10.1 Å². The van der Waals surface area contributed by atoms with E-state index < -0.39 is 0 Å². The summed E-state index contributed by atoms with van der Waals surface area (Å²) >= 11 is 11.9. The zero-order valence-corrected chi connectivity index (χ0v) is 14.7. The van der Waals surface area contributed by atoms with Gasteiger partial charge in [-0.3, -0.25) is 4.79 Å². The second kappa shape index (κ2) is 7.91. The highest BCUT2D eigenvalue weighted by atomic mass is 35.5. The van der Waals surface area contributed by atoms with Crippen molar-refractivity contribution in [3.05, 3.63) is 63.6 Å². The molecule has 0 aliphatic heterocycles. The summed E-state index contributed by atoms with van der Waals surface area (Å²) in [5.74, 6) is 0.613. The molecule has 1 saturated carbocycles. The van der Waals surface area contributed by atoms with Crippen LogP contribution in [0.3, 0.4) is 0 Å². The highest BCUT2D eigenvalue weighted by Crippen LogP contribution is 2.24. The zero-order valence-electron chi connectivity index (χ0n) is 13.2. The van der Waals surface area contributed by atoms with E-state index in [0.717, 1.165) is 18.4 Å². The van der Waals surface area contributed by atoms with E-state index in [9.17, 15) is 4.79 Å². The van der Waals surface area contributed by atoms with E-state index in [1.807, 2.05) is 18.2 Å². The maximum atomic E-state index is 12.3. The summed E-state index contributed by atoms with van der Waals surface area (Å²) in [4.78, 5) is 12.3. The Morgan fingerprint density at radius 2 is 1.88 bits per heavy atom. The van der Waals surface area contributed by atoms with E-state index in [1.54, 1.807) is 24.3 Å². The summed E-state index contributed by atoms with van der Waals surface area (Å²) in [6.07, 6.45) is 4.52. The minimum absolute atomic E-state index is 0.0399. The molecule has 0 atom stereocenters. The number of nitrogens with one attached hydrogen (secondary N) is 1. The summed E-state index contributed by atoms with van der Waals surface area (Å²) in [5.41, 5.74) is 1.54. The molecular weight excluding hydrogens is 345 g/mol. The molecule has 3 rings (SSSR count). The Kier molecular flexibility index (Phi) is 5.64. The molecule has 0 heterocycles. The number of amides is 1. The van der Waals surface area contributed by atoms with Crippen molar-refractivity contribution in [2.24, 2.45) is 0 Å². The molecular formula is C19H19Cl2NO2. The predicted molar refractivity (Wildman–Crippen MR) is 97.0 cm³/mol. The van der Waals surface area contributed by atoms with Gasteiger partial charge in [0.05, 0.1) is 10.0 Å². The van der Waals surface area contributed by atoms with Crippen molar-refractivity contribution in [3.8, 4) is 5.75 Å². The van der Waals surface area contributed by atoms with Gasteiger partial charge in [-0.05, 0) is 48.7 Å². The molecule has 2 aromatic carbocycles. The molecule has 1 fully saturated rings. The van der Waals surface area contributed by atoms with Crippen LogP contribution >= 0.6 is 23.2 Å². The molecule has 1 amide bonds. The Hall–Kier alpha value is -1.71. The summed E-state index contributed by atoms with van der Waals surface area (Å²) in [6, 6.07) is 12.9. The maximum absolute atomic E-state index is 12.3. The first-order chi connectivity index (χ1) is 11.6. The fourth-order valence-electron chi connectivity index (χ4n) is 2.86. The minimum atomic E-state index is -0.0399. The number of carbonyl (C=O) groups is 1. The van der Waals surface area contributed by atoms with Crippen LogP contribution in [-0.4, -0.2) is 11.9 Å². The standard InChI is InChI=1S/C19H19Cl2NO2/c20-17-9-8-13(10-18(17)21)12-24-16-7-3-4-14(11-16)19(23)22-15-5-1-2-6-15/h3-4,7-11,15H,1-2,5-6,12H2,(H,22,23). The number of halogens is 2. The number of rotatable bonds is 5. The van der Waals surface area contributed by atoms with Crippen LogP contribution in [0.15, 0.2) is 42.5 Å². The topological polar surface area (TPSA) is 38.3 Å². The van der Waals surface area contributed by atoms with E-state index in [1.165, 1.54) is 12.8 Å². The van der Waals surface area contributed by atoms with Crippen LogP contribution in [-0.2, 0) is 6.61 Å². The largest absolute Gasteiger partial charge is 0.489 e. The van der Waals surface area contributed by atoms with Gasteiger partial charge in [0.15, 0.2) is 0 Å². The summed E-state index contributed by atoms with van der Waals surface area (Å²) in [5, 5.41) is 4.10. The van der Waals surface area contributed by atoms with Gasteiger partial charge in [0, 0.05) is 11.6 Å². The molecule has 5 heteroatoms. The third-order valence-electron chi connectivity index (χ3n) is 4.18. The minimum Gasteiger partial charge on any atom is -0.489 e. The van der Waals surface area contributed by atoms with Crippen molar-refractivity contribution in [2.45, 2.75) is 38.3 Å². The smallest absolute Gasteiger partial charge is 0.251 e. The lowest BCUT2D eigenvalue weighted by Gasteiger charge is -2.13. The Balaban J connectivity index is 1.61. The van der Waals surface area contributed by atoms with Crippen molar-refractivity contribution in [1.82, 2.24) is 5.32 Å². The molecule has 2 aromatic rings. The molecule has 1 aliphatic carbocycles. The van der Waals surface area contributed by atoms with E-state index in [0.29, 0.717) is 34.0 Å². The molecule has 0 aromatic heterocycles. The normalized spacial score (nSPS) is 14.6. The first kappa shape index (κ1) is 17.1. The fraction of sp³-hybridized carbons (Fsp3) is 0.316. The van der Waals surface area contributed by atoms with Gasteiger partial charge in [0.25, 0.3) is 5.91 Å². The van der Waals surface area contributed by atoms with Crippen LogP contribution in [0.2, 0.25) is 10.0 Å². The summed E-state index contributed by atoms with van der Waals surface area (Å²) in [7, 11) is 0. The summed E-state index contributed by atoms with van der Waals surface area (Å²) in [6.45, 7) is 0.366. The van der Waals surface area contributed by atoms with Gasteiger partial charge in [-0.1, -0.05) is 48.2 Å². The molecule has 0 bridgehead atoms. The second-order valence-corrected chi connectivity index (χ2v) is 6.83. The molecule has 1 N–H and O–H groups in total. The van der Waals surface area contributed by atoms with Gasteiger partial charge in [-0.25, -0.2) is 0 Å². The number of benzene rings is 2. The Labute approximate surface area is 151 Å². The zero-order chi connectivity index (χ0) is 16.9. The predicted octanol–water partition coefficient (Wildman–Crippen LogP) is 5.24. The Morgan fingerprint density at radius 3 is 2.62 bits per heavy atom. The third-order valence-corrected chi connectivity index (χ3v) is 4.92. The second-order valence-electron chi connectivity index (χ2n) is 6.02. The maximum Gasteiger partial charge on any atom is 0.251 e. The third kappa shape index (κ3) is 4.43. The Morgan fingerprint density at radius 1 is 1.08 bits per heavy atom. The fourth-order valence-corrected chi connectivity index (χ4v) is 3.18. The van der Waals surface area contributed by atoms with E-state index in [2.05, 4.69) is 5.32 Å². The highest BCUT2D eigenvalue weighted by Gasteiger charge is 2.18. The first-order valence-corrected chi connectivity index (χ1v) is 8.85. The molecule has 0 spiro atoms. The van der Waals surface area contributed by atoms with Gasteiger partial charge in [-0.2, -0.15) is 0 Å². The SMILES string of the molecule is O=C(NC1CCCC1)c1cccc(OCc2ccc(Cl)c(Cl)c2)c1. The average Bonchev–Trinajstić information content (AvgIpc) is 3.09. The number of ether oxygens (including phenoxy) is 1. The summed E-state index contributed by atoms with van der Waals surface area (Å²) < 4.78 is 5.77. The van der Waals surface area contributed by atoms with Gasteiger partial charge >= 0.3 is 0 Å². The van der Waals surface area contributed by atoms with Crippen molar-refractivity contribution >= 4 is 29.1 Å². The average molecular weight is 364 g/mol. The van der Waals surface area contributed by atoms with Gasteiger partial charge in [0.1, 0.15) is 12.4 Å². The molecule has 0 radical (unpaired) electrons.